The zero-order valence-electron chi connectivity index (χ0n) is 10.9. The van der Waals surface area contributed by atoms with Gasteiger partial charge in [0.25, 0.3) is 0 Å². The van der Waals surface area contributed by atoms with E-state index in [4.69, 9.17) is 10.4 Å². The number of hydrogen-bond donors (Lipinski definition) is 1. The van der Waals surface area contributed by atoms with Gasteiger partial charge in [0, 0.05) is 6.54 Å². The van der Waals surface area contributed by atoms with Crippen LogP contribution in [0, 0.1) is 18.3 Å². The molecule has 0 fully saturated rings. The van der Waals surface area contributed by atoms with Gasteiger partial charge in [0.2, 0.25) is 10.0 Å². The van der Waals surface area contributed by atoms with Crippen molar-refractivity contribution in [3.05, 3.63) is 42.0 Å². The van der Waals surface area contributed by atoms with Crippen molar-refractivity contribution in [2.45, 2.75) is 11.8 Å². The Morgan fingerprint density at radius 3 is 2.70 bits per heavy atom. The maximum atomic E-state index is 12.5. The standard InChI is InChI=1S/C13H14N2O4S/c1-3-6-15(9-13(16)17)20(18,19)12-7-11(8-14)5-4-10(12)2/h3-5,7H,1,6,9H2,2H3,(H,16,17). The lowest BCUT2D eigenvalue weighted by molar-refractivity contribution is -0.137. The van der Waals surface area contributed by atoms with Gasteiger partial charge in [0.1, 0.15) is 6.54 Å². The molecule has 0 aromatic heterocycles. The molecule has 1 aromatic carbocycles. The van der Waals surface area contributed by atoms with Crippen LogP contribution in [-0.4, -0.2) is 36.9 Å². The van der Waals surface area contributed by atoms with Crippen molar-refractivity contribution in [1.82, 2.24) is 4.31 Å². The van der Waals surface area contributed by atoms with Gasteiger partial charge in [-0.3, -0.25) is 4.79 Å². The number of rotatable bonds is 6. The number of carboxylic acids is 1. The number of hydrogen-bond acceptors (Lipinski definition) is 4. The second-order valence-corrected chi connectivity index (χ2v) is 5.98. The minimum atomic E-state index is -3.99. The molecule has 0 saturated heterocycles. The molecule has 20 heavy (non-hydrogen) atoms. The molecule has 0 aliphatic heterocycles. The summed E-state index contributed by atoms with van der Waals surface area (Å²) in [5.41, 5.74) is 0.645. The summed E-state index contributed by atoms with van der Waals surface area (Å²) in [6.45, 7) is 4.22. The molecular formula is C13H14N2O4S. The Bertz CT molecular complexity index is 674. The van der Waals surface area contributed by atoms with Crippen LogP contribution in [0.25, 0.3) is 0 Å². The molecule has 0 amide bonds. The Morgan fingerprint density at radius 2 is 2.20 bits per heavy atom. The summed E-state index contributed by atoms with van der Waals surface area (Å²) in [4.78, 5) is 10.7. The molecule has 0 spiro atoms. The molecule has 0 radical (unpaired) electrons. The number of sulfonamides is 1. The maximum absolute atomic E-state index is 12.5. The molecule has 0 atom stereocenters. The SMILES string of the molecule is C=CCN(CC(=O)O)S(=O)(=O)c1cc(C#N)ccc1C. The molecule has 1 rings (SSSR count). The van der Waals surface area contributed by atoms with Crippen molar-refractivity contribution in [1.29, 1.82) is 5.26 Å². The lowest BCUT2D eigenvalue weighted by Gasteiger charge is -2.20. The molecule has 1 N–H and O–H groups in total. The summed E-state index contributed by atoms with van der Waals surface area (Å²) in [5, 5.41) is 17.6. The van der Waals surface area contributed by atoms with Gasteiger partial charge in [-0.15, -0.1) is 6.58 Å². The lowest BCUT2D eigenvalue weighted by atomic mass is 10.2. The summed E-state index contributed by atoms with van der Waals surface area (Å²) in [5.74, 6) is -1.26. The quantitative estimate of drug-likeness (QED) is 0.793. The Morgan fingerprint density at radius 1 is 1.55 bits per heavy atom. The highest BCUT2D eigenvalue weighted by molar-refractivity contribution is 7.89. The molecule has 1 aromatic rings. The third kappa shape index (κ3) is 3.44. The number of carbonyl (C=O) groups is 1. The van der Waals surface area contributed by atoms with Crippen LogP contribution in [0.2, 0.25) is 0 Å². The second kappa shape index (κ2) is 6.32. The first-order valence-electron chi connectivity index (χ1n) is 5.66. The van der Waals surface area contributed by atoms with Crippen LogP contribution >= 0.6 is 0 Å². The largest absolute Gasteiger partial charge is 0.480 e. The molecule has 0 heterocycles. The fourth-order valence-corrected chi connectivity index (χ4v) is 3.24. The summed E-state index contributed by atoms with van der Waals surface area (Å²) >= 11 is 0. The van der Waals surface area contributed by atoms with E-state index in [0.717, 1.165) is 4.31 Å². The first-order chi connectivity index (χ1) is 9.32. The Kier molecular flexibility index (Phi) is 5.02. The lowest BCUT2D eigenvalue weighted by Crippen LogP contribution is -2.36. The van der Waals surface area contributed by atoms with E-state index in [0.29, 0.717) is 5.56 Å². The van der Waals surface area contributed by atoms with E-state index in [1.54, 1.807) is 6.92 Å². The van der Waals surface area contributed by atoms with Crippen LogP contribution in [0.4, 0.5) is 0 Å². The zero-order chi connectivity index (χ0) is 15.3. The molecule has 0 aliphatic rings. The minimum Gasteiger partial charge on any atom is -0.480 e. The van der Waals surface area contributed by atoms with Crippen LogP contribution in [0.15, 0.2) is 35.7 Å². The molecule has 0 aliphatic carbocycles. The van der Waals surface area contributed by atoms with Crippen molar-refractivity contribution in [3.8, 4) is 6.07 Å². The smallest absolute Gasteiger partial charge is 0.318 e. The van der Waals surface area contributed by atoms with Gasteiger partial charge in [-0.25, -0.2) is 8.42 Å². The normalized spacial score (nSPS) is 11.1. The van der Waals surface area contributed by atoms with E-state index in [2.05, 4.69) is 6.58 Å². The van der Waals surface area contributed by atoms with Crippen LogP contribution in [0.1, 0.15) is 11.1 Å². The average Bonchev–Trinajstić information content (AvgIpc) is 2.38. The molecule has 106 valence electrons. The van der Waals surface area contributed by atoms with Gasteiger partial charge in [-0.05, 0) is 24.6 Å². The van der Waals surface area contributed by atoms with Crippen molar-refractivity contribution in [2.24, 2.45) is 0 Å². The maximum Gasteiger partial charge on any atom is 0.318 e. The number of aliphatic carboxylic acids is 1. The highest BCUT2D eigenvalue weighted by Gasteiger charge is 2.27. The zero-order valence-corrected chi connectivity index (χ0v) is 11.7. The van der Waals surface area contributed by atoms with E-state index in [-0.39, 0.29) is 17.0 Å². The van der Waals surface area contributed by atoms with Gasteiger partial charge in [0.15, 0.2) is 0 Å². The van der Waals surface area contributed by atoms with E-state index in [1.165, 1.54) is 24.3 Å². The van der Waals surface area contributed by atoms with Gasteiger partial charge in [0.05, 0.1) is 16.5 Å². The van der Waals surface area contributed by atoms with Crippen molar-refractivity contribution in [2.75, 3.05) is 13.1 Å². The van der Waals surface area contributed by atoms with Crippen molar-refractivity contribution in [3.63, 3.8) is 0 Å². The molecule has 0 bridgehead atoms. The minimum absolute atomic E-state index is 0.0698. The Labute approximate surface area is 117 Å². The van der Waals surface area contributed by atoms with Gasteiger partial charge < -0.3 is 5.11 Å². The number of nitrogens with zero attached hydrogens (tertiary/aromatic N) is 2. The summed E-state index contributed by atoms with van der Waals surface area (Å²) in [7, 11) is -3.99. The number of aryl methyl sites for hydroxylation is 1. The van der Waals surface area contributed by atoms with Crippen molar-refractivity contribution < 1.29 is 18.3 Å². The fourth-order valence-electron chi connectivity index (χ4n) is 1.63. The Hall–Kier alpha value is -2.17. The van der Waals surface area contributed by atoms with Gasteiger partial charge >= 0.3 is 5.97 Å². The summed E-state index contributed by atoms with van der Waals surface area (Å²) in [6.07, 6.45) is 1.31. The van der Waals surface area contributed by atoms with E-state index in [1.807, 2.05) is 6.07 Å². The average molecular weight is 294 g/mol. The molecule has 0 unspecified atom stereocenters. The van der Waals surface area contributed by atoms with E-state index >= 15 is 0 Å². The molecule has 7 heteroatoms. The highest BCUT2D eigenvalue weighted by Crippen LogP contribution is 2.21. The molecular weight excluding hydrogens is 280 g/mol. The number of benzene rings is 1. The molecule has 0 saturated carbocycles. The topological polar surface area (TPSA) is 98.5 Å². The first kappa shape index (κ1) is 15.9. The predicted molar refractivity (Wildman–Crippen MR) is 72.5 cm³/mol. The van der Waals surface area contributed by atoms with Crippen LogP contribution in [-0.2, 0) is 14.8 Å². The van der Waals surface area contributed by atoms with E-state index in [9.17, 15) is 13.2 Å². The van der Waals surface area contributed by atoms with Crippen LogP contribution in [0.3, 0.4) is 0 Å². The third-order valence-electron chi connectivity index (χ3n) is 2.58. The van der Waals surface area contributed by atoms with Crippen molar-refractivity contribution >= 4 is 16.0 Å². The van der Waals surface area contributed by atoms with Crippen LogP contribution in [0.5, 0.6) is 0 Å². The number of nitriles is 1. The van der Waals surface area contributed by atoms with Crippen LogP contribution < -0.4 is 0 Å². The third-order valence-corrected chi connectivity index (χ3v) is 4.53. The predicted octanol–water partition coefficient (Wildman–Crippen LogP) is 1.13. The highest BCUT2D eigenvalue weighted by atomic mass is 32.2. The van der Waals surface area contributed by atoms with E-state index < -0.39 is 22.5 Å². The monoisotopic (exact) mass is 294 g/mol. The fraction of sp³-hybridized carbons (Fsp3) is 0.231. The summed E-state index contributed by atoms with van der Waals surface area (Å²) in [6, 6.07) is 6.11. The van der Waals surface area contributed by atoms with Gasteiger partial charge in [-0.1, -0.05) is 12.1 Å². The number of carboxylic acid groups (broad SMARTS) is 1. The summed E-state index contributed by atoms with van der Waals surface area (Å²) < 4.78 is 25.7. The Balaban J connectivity index is 3.36. The van der Waals surface area contributed by atoms with Gasteiger partial charge in [-0.2, -0.15) is 9.57 Å². The first-order valence-corrected chi connectivity index (χ1v) is 7.10. The molecule has 6 nitrogen and oxygen atoms in total. The second-order valence-electron chi connectivity index (χ2n) is 4.07.